The van der Waals surface area contributed by atoms with Crippen molar-refractivity contribution in [2.75, 3.05) is 0 Å². The van der Waals surface area contributed by atoms with Gasteiger partial charge < -0.3 is 18.5 Å². The van der Waals surface area contributed by atoms with E-state index in [0.29, 0.717) is 28.7 Å². The molecule has 0 saturated carbocycles. The zero-order valence-electron chi connectivity index (χ0n) is 21.4. The number of para-hydroxylation sites is 2. The second kappa shape index (κ2) is 10.2. The zero-order valence-corrected chi connectivity index (χ0v) is 23.6. The van der Waals surface area contributed by atoms with E-state index in [0.717, 1.165) is 44.0 Å². The molecule has 0 spiro atoms. The summed E-state index contributed by atoms with van der Waals surface area (Å²) in [5.41, 5.74) is 3.30. The number of pyridine rings is 2. The monoisotopic (exact) mass is 712 g/mol. The van der Waals surface area contributed by atoms with Gasteiger partial charge in [-0.05, 0) is 46.5 Å². The fraction of sp³-hybridized carbons (Fsp3) is 0. The average molecular weight is 713 g/mol. The quantitative estimate of drug-likeness (QED) is 0.167. The molecule has 4 aromatic heterocycles. The van der Waals surface area contributed by atoms with Gasteiger partial charge in [-0.25, -0.2) is 9.97 Å². The number of hydrogen-bond donors (Lipinski definition) is 0. The van der Waals surface area contributed by atoms with Crippen molar-refractivity contribution in [3.8, 4) is 28.9 Å². The van der Waals surface area contributed by atoms with Crippen molar-refractivity contribution in [3.05, 3.63) is 128 Å². The van der Waals surface area contributed by atoms with Gasteiger partial charge in [0.15, 0.2) is 0 Å². The van der Waals surface area contributed by atoms with Gasteiger partial charge in [-0.15, -0.1) is 17.5 Å². The predicted molar refractivity (Wildman–Crippen MR) is 154 cm³/mol. The molecule has 0 amide bonds. The van der Waals surface area contributed by atoms with Crippen molar-refractivity contribution in [2.45, 2.75) is 0 Å². The Hall–Kier alpha value is -4.93. The summed E-state index contributed by atoms with van der Waals surface area (Å²) in [6, 6.07) is 40.0. The van der Waals surface area contributed by atoms with Gasteiger partial charge in [-0.1, -0.05) is 66.2 Å². The number of fused-ring (bicyclic) bond motifs is 6. The van der Waals surface area contributed by atoms with E-state index in [2.05, 4.69) is 38.8 Å². The molecule has 4 aromatic carbocycles. The molecule has 6 nitrogen and oxygen atoms in total. The molecule has 0 N–H and O–H groups in total. The van der Waals surface area contributed by atoms with Crippen LogP contribution in [0.3, 0.4) is 0 Å². The Balaban J connectivity index is 0.00000276. The molecule has 0 radical (unpaired) electrons. The summed E-state index contributed by atoms with van der Waals surface area (Å²) in [6.45, 7) is 0. The van der Waals surface area contributed by atoms with Crippen LogP contribution in [-0.4, -0.2) is 14.5 Å². The van der Waals surface area contributed by atoms with E-state index in [-0.39, 0.29) is 21.1 Å². The molecule has 0 aliphatic heterocycles. The maximum atomic E-state index is 6.35. The Morgan fingerprint density at radius 2 is 1.41 bits per heavy atom. The molecule has 0 bridgehead atoms. The molecule has 0 saturated heterocycles. The Kier molecular flexibility index (Phi) is 6.26. The summed E-state index contributed by atoms with van der Waals surface area (Å²) in [7, 11) is 0. The first kappa shape index (κ1) is 25.1. The molecule has 41 heavy (non-hydrogen) atoms. The Labute approximate surface area is 249 Å². The van der Waals surface area contributed by atoms with Crippen LogP contribution in [0.4, 0.5) is 0 Å². The van der Waals surface area contributed by atoms with E-state index >= 15 is 0 Å². The topological polar surface area (TPSA) is 62.3 Å². The van der Waals surface area contributed by atoms with Crippen LogP contribution in [0.25, 0.3) is 49.6 Å². The van der Waals surface area contributed by atoms with Gasteiger partial charge in [0.1, 0.15) is 11.4 Å². The molecule has 0 aliphatic rings. The van der Waals surface area contributed by atoms with Gasteiger partial charge >= 0.3 is 21.1 Å². The van der Waals surface area contributed by atoms with Crippen molar-refractivity contribution >= 4 is 43.7 Å². The fourth-order valence-corrected chi connectivity index (χ4v) is 5.15. The van der Waals surface area contributed by atoms with Gasteiger partial charge in [-0.3, -0.25) is 0 Å². The van der Waals surface area contributed by atoms with Crippen LogP contribution < -0.4 is 9.47 Å². The summed E-state index contributed by atoms with van der Waals surface area (Å²) >= 11 is 0. The number of furan rings is 1. The van der Waals surface area contributed by atoms with Crippen LogP contribution in [0, 0.1) is 12.1 Å². The van der Waals surface area contributed by atoms with Gasteiger partial charge in [-0.2, -0.15) is 6.07 Å². The second-order valence-electron chi connectivity index (χ2n) is 9.30. The third kappa shape index (κ3) is 4.33. The molecule has 0 fully saturated rings. The number of nitrogens with zero attached hydrogens (tertiary/aromatic N) is 3. The van der Waals surface area contributed by atoms with Gasteiger partial charge in [0.05, 0.1) is 0 Å². The minimum absolute atomic E-state index is 0. The van der Waals surface area contributed by atoms with Crippen LogP contribution in [0.5, 0.6) is 23.1 Å². The molecular weight excluding hydrogens is 693 g/mol. The van der Waals surface area contributed by atoms with E-state index in [4.69, 9.17) is 13.9 Å². The number of hydrogen-bond acceptors (Lipinski definition) is 5. The summed E-state index contributed by atoms with van der Waals surface area (Å²) in [5, 5.41) is 3.92. The summed E-state index contributed by atoms with van der Waals surface area (Å²) in [5.74, 6) is 2.70. The number of aromatic nitrogens is 3. The Morgan fingerprint density at radius 3 is 2.24 bits per heavy atom. The molecule has 4 heterocycles. The second-order valence-corrected chi connectivity index (χ2v) is 9.30. The number of ether oxygens (including phenoxy) is 2. The van der Waals surface area contributed by atoms with Crippen molar-refractivity contribution in [3.63, 3.8) is 0 Å². The first-order valence-corrected chi connectivity index (χ1v) is 12.8. The fourth-order valence-electron chi connectivity index (χ4n) is 5.15. The third-order valence-electron chi connectivity index (χ3n) is 6.85. The standard InChI is InChI=1S/C34H19N3O3.Pt/c1-3-11-27-24(9-1)25-16-15-22(19-28(25)37(27)32-13-5-7-17-35-32)38-23-20-30-34(26-10-2-4-12-29(26)39-30)31(21-23)40-33-14-6-8-18-36-33;/h1-18,20H;/q-2;+2. The molecule has 7 heteroatoms. The Morgan fingerprint density at radius 1 is 0.634 bits per heavy atom. The largest absolute Gasteiger partial charge is 2.00 e. The third-order valence-corrected chi connectivity index (χ3v) is 6.85. The van der Waals surface area contributed by atoms with Gasteiger partial charge in [0, 0.05) is 46.8 Å². The van der Waals surface area contributed by atoms with Crippen molar-refractivity contribution < 1.29 is 35.0 Å². The van der Waals surface area contributed by atoms with Crippen LogP contribution >= 0.6 is 0 Å². The molecule has 8 rings (SSSR count). The maximum Gasteiger partial charge on any atom is 2.00 e. The smallest absolute Gasteiger partial charge is 0.509 e. The maximum absolute atomic E-state index is 6.35. The van der Waals surface area contributed by atoms with Crippen molar-refractivity contribution in [2.24, 2.45) is 0 Å². The van der Waals surface area contributed by atoms with Gasteiger partial charge in [0.2, 0.25) is 5.88 Å². The summed E-state index contributed by atoms with van der Waals surface area (Å²) in [4.78, 5) is 8.93. The Bertz CT molecular complexity index is 2170. The normalized spacial score (nSPS) is 11.2. The van der Waals surface area contributed by atoms with Crippen LogP contribution in [0.1, 0.15) is 0 Å². The van der Waals surface area contributed by atoms with Crippen LogP contribution in [0.2, 0.25) is 0 Å². The number of rotatable bonds is 5. The van der Waals surface area contributed by atoms with E-state index < -0.39 is 0 Å². The average Bonchev–Trinajstić information content (AvgIpc) is 3.53. The van der Waals surface area contributed by atoms with E-state index in [9.17, 15) is 0 Å². The molecule has 0 aliphatic carbocycles. The zero-order chi connectivity index (χ0) is 26.5. The van der Waals surface area contributed by atoms with E-state index in [1.165, 1.54) is 0 Å². The summed E-state index contributed by atoms with van der Waals surface area (Å²) < 4.78 is 20.8. The molecule has 8 aromatic rings. The molecule has 198 valence electrons. The van der Waals surface area contributed by atoms with Crippen LogP contribution in [0.15, 0.2) is 120 Å². The van der Waals surface area contributed by atoms with E-state index in [1.54, 1.807) is 18.5 Å². The number of benzene rings is 4. The minimum Gasteiger partial charge on any atom is -0.509 e. The van der Waals surface area contributed by atoms with Gasteiger partial charge in [0.25, 0.3) is 0 Å². The molecule has 0 unspecified atom stereocenters. The van der Waals surface area contributed by atoms with Crippen LogP contribution in [-0.2, 0) is 21.1 Å². The van der Waals surface area contributed by atoms with Crippen molar-refractivity contribution in [1.29, 1.82) is 0 Å². The SMILES string of the molecule is [Pt+2].[c-]1c(Oc2[c-]c3c(cc2)c2ccccc2n3-c2ccccn2)cc2oc3ccccc3c2c1Oc1ccccn1. The van der Waals surface area contributed by atoms with E-state index in [1.807, 2.05) is 84.9 Å². The molecular formula is C34H19N3O3Pt. The van der Waals surface area contributed by atoms with Crippen molar-refractivity contribution in [1.82, 2.24) is 14.5 Å². The predicted octanol–water partition coefficient (Wildman–Crippen LogP) is 8.66. The first-order valence-electron chi connectivity index (χ1n) is 12.8. The molecule has 0 atom stereocenters. The first-order chi connectivity index (χ1) is 19.8. The summed E-state index contributed by atoms with van der Waals surface area (Å²) in [6.07, 6.45) is 3.47. The minimum atomic E-state index is 0.